The van der Waals surface area contributed by atoms with Crippen LogP contribution in [0.15, 0.2) is 0 Å². The Bertz CT molecular complexity index is 263. The van der Waals surface area contributed by atoms with Crippen LogP contribution in [0.25, 0.3) is 0 Å². The molecular weight excluding hydrogens is 224 g/mol. The fourth-order valence-electron chi connectivity index (χ4n) is 2.55. The standard InChI is InChI=1S/C15H30N2O/c1-6-7-13-15(18)17(9-8-11(2)3)14(16-13)10-12(4)5/h11-14,16H,6-10H2,1-5H3. The van der Waals surface area contributed by atoms with Crippen LogP contribution < -0.4 is 5.32 Å². The third kappa shape index (κ3) is 4.27. The van der Waals surface area contributed by atoms with Gasteiger partial charge in [0.2, 0.25) is 5.91 Å². The van der Waals surface area contributed by atoms with E-state index in [1.165, 1.54) is 0 Å². The van der Waals surface area contributed by atoms with Gasteiger partial charge in [0.05, 0.1) is 12.2 Å². The molecule has 1 saturated heterocycles. The average molecular weight is 254 g/mol. The Kier molecular flexibility index (Phi) is 6.13. The maximum Gasteiger partial charge on any atom is 0.241 e. The van der Waals surface area contributed by atoms with Crippen LogP contribution in [-0.4, -0.2) is 29.6 Å². The molecule has 1 heterocycles. The molecule has 18 heavy (non-hydrogen) atoms. The summed E-state index contributed by atoms with van der Waals surface area (Å²) in [6.45, 7) is 11.9. The number of hydrogen-bond donors (Lipinski definition) is 1. The zero-order valence-electron chi connectivity index (χ0n) is 12.7. The Balaban J connectivity index is 2.63. The summed E-state index contributed by atoms with van der Waals surface area (Å²) in [6.07, 6.45) is 4.44. The molecule has 3 heteroatoms. The number of carbonyl (C=O) groups excluding carboxylic acids is 1. The number of nitrogens with zero attached hydrogens (tertiary/aromatic N) is 1. The summed E-state index contributed by atoms with van der Waals surface area (Å²) in [5.74, 6) is 1.60. The predicted octanol–water partition coefficient (Wildman–Crippen LogP) is 3.01. The summed E-state index contributed by atoms with van der Waals surface area (Å²) >= 11 is 0. The van der Waals surface area contributed by atoms with Crippen LogP contribution in [0.1, 0.15) is 60.3 Å². The molecule has 1 aliphatic rings. The van der Waals surface area contributed by atoms with Crippen LogP contribution in [0, 0.1) is 11.8 Å². The van der Waals surface area contributed by atoms with Crippen LogP contribution in [0.4, 0.5) is 0 Å². The molecule has 1 rings (SSSR count). The molecule has 0 radical (unpaired) electrons. The lowest BCUT2D eigenvalue weighted by molar-refractivity contribution is -0.130. The molecule has 0 aromatic heterocycles. The normalized spacial score (nSPS) is 24.6. The first-order chi connectivity index (χ1) is 8.45. The quantitative estimate of drug-likeness (QED) is 0.757. The minimum Gasteiger partial charge on any atom is -0.326 e. The molecule has 0 spiro atoms. The maximum absolute atomic E-state index is 12.4. The SMILES string of the molecule is CCCC1NC(CC(C)C)N(CCC(C)C)C1=O. The van der Waals surface area contributed by atoms with Crippen molar-refractivity contribution in [3.05, 3.63) is 0 Å². The number of nitrogens with one attached hydrogen (secondary N) is 1. The van der Waals surface area contributed by atoms with Gasteiger partial charge >= 0.3 is 0 Å². The molecule has 2 atom stereocenters. The zero-order chi connectivity index (χ0) is 13.7. The maximum atomic E-state index is 12.4. The minimum atomic E-state index is 0.0610. The van der Waals surface area contributed by atoms with E-state index in [4.69, 9.17) is 0 Å². The first-order valence-electron chi connectivity index (χ1n) is 7.52. The van der Waals surface area contributed by atoms with Crippen molar-refractivity contribution in [2.75, 3.05) is 6.54 Å². The van der Waals surface area contributed by atoms with E-state index in [0.29, 0.717) is 17.7 Å². The summed E-state index contributed by atoms with van der Waals surface area (Å²) in [7, 11) is 0. The van der Waals surface area contributed by atoms with Gasteiger partial charge < -0.3 is 4.90 Å². The lowest BCUT2D eigenvalue weighted by Gasteiger charge is -2.26. The highest BCUT2D eigenvalue weighted by Gasteiger charge is 2.37. The molecule has 3 nitrogen and oxygen atoms in total. The van der Waals surface area contributed by atoms with Crippen molar-refractivity contribution in [2.24, 2.45) is 11.8 Å². The van der Waals surface area contributed by atoms with Crippen LogP contribution >= 0.6 is 0 Å². The summed E-state index contributed by atoms with van der Waals surface area (Å²) in [6, 6.07) is 0.0610. The van der Waals surface area contributed by atoms with Crippen molar-refractivity contribution in [3.8, 4) is 0 Å². The Hall–Kier alpha value is -0.570. The molecule has 1 N–H and O–H groups in total. The summed E-state index contributed by atoms with van der Waals surface area (Å²) in [4.78, 5) is 14.4. The van der Waals surface area contributed by atoms with Crippen molar-refractivity contribution in [1.82, 2.24) is 10.2 Å². The largest absolute Gasteiger partial charge is 0.326 e. The second-order valence-electron chi connectivity index (χ2n) is 6.37. The van der Waals surface area contributed by atoms with Gasteiger partial charge in [0, 0.05) is 6.54 Å². The first kappa shape index (κ1) is 15.5. The van der Waals surface area contributed by atoms with Gasteiger partial charge in [-0.05, 0) is 31.1 Å². The van der Waals surface area contributed by atoms with Crippen molar-refractivity contribution >= 4 is 5.91 Å². The van der Waals surface area contributed by atoms with Crippen LogP contribution in [0.3, 0.4) is 0 Å². The highest BCUT2D eigenvalue weighted by molar-refractivity contribution is 5.84. The lowest BCUT2D eigenvalue weighted by atomic mass is 10.1. The molecule has 0 aliphatic carbocycles. The minimum absolute atomic E-state index is 0.0610. The lowest BCUT2D eigenvalue weighted by Crippen LogP contribution is -2.39. The summed E-state index contributed by atoms with van der Waals surface area (Å²) in [5.41, 5.74) is 0. The topological polar surface area (TPSA) is 32.3 Å². The first-order valence-corrected chi connectivity index (χ1v) is 7.52. The Morgan fingerprint density at radius 3 is 2.39 bits per heavy atom. The van der Waals surface area contributed by atoms with Crippen molar-refractivity contribution < 1.29 is 4.79 Å². The van der Waals surface area contributed by atoms with Crippen LogP contribution in [0.5, 0.6) is 0 Å². The van der Waals surface area contributed by atoms with Gasteiger partial charge in [0.1, 0.15) is 0 Å². The number of amides is 1. The van der Waals surface area contributed by atoms with Gasteiger partial charge in [-0.3, -0.25) is 10.1 Å². The van der Waals surface area contributed by atoms with Crippen molar-refractivity contribution in [1.29, 1.82) is 0 Å². The molecule has 0 aromatic carbocycles. The molecule has 1 fully saturated rings. The smallest absolute Gasteiger partial charge is 0.241 e. The number of rotatable bonds is 7. The second kappa shape index (κ2) is 7.13. The molecular formula is C15H30N2O. The predicted molar refractivity (Wildman–Crippen MR) is 76.2 cm³/mol. The monoisotopic (exact) mass is 254 g/mol. The average Bonchev–Trinajstić information content (AvgIpc) is 2.53. The third-order valence-corrected chi connectivity index (χ3v) is 3.57. The molecule has 2 unspecified atom stereocenters. The summed E-state index contributed by atoms with van der Waals surface area (Å²) < 4.78 is 0. The molecule has 0 aromatic rings. The van der Waals surface area contributed by atoms with Crippen molar-refractivity contribution in [3.63, 3.8) is 0 Å². The van der Waals surface area contributed by atoms with Gasteiger partial charge in [-0.15, -0.1) is 0 Å². The van der Waals surface area contributed by atoms with E-state index in [9.17, 15) is 4.79 Å². The van der Waals surface area contributed by atoms with Crippen LogP contribution in [-0.2, 0) is 4.79 Å². The highest BCUT2D eigenvalue weighted by Crippen LogP contribution is 2.21. The van der Waals surface area contributed by atoms with Gasteiger partial charge in [0.25, 0.3) is 0 Å². The highest BCUT2D eigenvalue weighted by atomic mass is 16.2. The third-order valence-electron chi connectivity index (χ3n) is 3.57. The van der Waals surface area contributed by atoms with E-state index in [0.717, 1.165) is 32.2 Å². The van der Waals surface area contributed by atoms with Crippen molar-refractivity contribution in [2.45, 2.75) is 72.5 Å². The zero-order valence-corrected chi connectivity index (χ0v) is 12.7. The van der Waals surface area contributed by atoms with E-state index in [2.05, 4.69) is 44.8 Å². The van der Waals surface area contributed by atoms with Gasteiger partial charge in [-0.2, -0.15) is 0 Å². The summed E-state index contributed by atoms with van der Waals surface area (Å²) in [5, 5.41) is 3.52. The van der Waals surface area contributed by atoms with Gasteiger partial charge in [-0.1, -0.05) is 41.0 Å². The molecule has 0 bridgehead atoms. The Morgan fingerprint density at radius 2 is 1.89 bits per heavy atom. The van der Waals surface area contributed by atoms with E-state index in [1.807, 2.05) is 0 Å². The molecule has 0 saturated carbocycles. The van der Waals surface area contributed by atoms with E-state index in [1.54, 1.807) is 0 Å². The second-order valence-corrected chi connectivity index (χ2v) is 6.37. The Morgan fingerprint density at radius 1 is 1.22 bits per heavy atom. The Labute approximate surface area is 112 Å². The fraction of sp³-hybridized carbons (Fsp3) is 0.933. The molecule has 1 aliphatic heterocycles. The van der Waals surface area contributed by atoms with Crippen LogP contribution in [0.2, 0.25) is 0 Å². The number of hydrogen-bond acceptors (Lipinski definition) is 2. The van der Waals surface area contributed by atoms with E-state index >= 15 is 0 Å². The van der Waals surface area contributed by atoms with E-state index < -0.39 is 0 Å². The molecule has 106 valence electrons. The van der Waals surface area contributed by atoms with Gasteiger partial charge in [0.15, 0.2) is 0 Å². The molecule has 1 amide bonds. The fourth-order valence-corrected chi connectivity index (χ4v) is 2.55. The van der Waals surface area contributed by atoms with E-state index in [-0.39, 0.29) is 12.2 Å². The number of carbonyl (C=O) groups is 1. The van der Waals surface area contributed by atoms with Gasteiger partial charge in [-0.25, -0.2) is 0 Å².